The van der Waals surface area contributed by atoms with E-state index in [4.69, 9.17) is 4.74 Å². The number of amides is 1. The molecule has 1 saturated heterocycles. The molecule has 1 amide bonds. The third-order valence-electron chi connectivity index (χ3n) is 4.81. The molecule has 0 aliphatic carbocycles. The van der Waals surface area contributed by atoms with Gasteiger partial charge >= 0.3 is 0 Å². The summed E-state index contributed by atoms with van der Waals surface area (Å²) in [6.45, 7) is 2.09. The van der Waals surface area contributed by atoms with E-state index in [0.29, 0.717) is 12.3 Å². The summed E-state index contributed by atoms with van der Waals surface area (Å²) in [5.74, 6) is 2.29. The van der Waals surface area contributed by atoms with Gasteiger partial charge in [-0.15, -0.1) is 0 Å². The van der Waals surface area contributed by atoms with Crippen molar-refractivity contribution in [2.24, 2.45) is 13.0 Å². The maximum Gasteiger partial charge on any atom is 0.220 e. The van der Waals surface area contributed by atoms with Crippen molar-refractivity contribution >= 4 is 5.91 Å². The predicted molar refractivity (Wildman–Crippen MR) is 96.4 cm³/mol. The number of carbonyl (C=O) groups is 1. The van der Waals surface area contributed by atoms with Crippen LogP contribution in [-0.2, 0) is 11.8 Å². The van der Waals surface area contributed by atoms with Gasteiger partial charge in [0, 0.05) is 25.9 Å². The molecule has 3 rings (SSSR count). The topological polar surface area (TPSA) is 68.2 Å². The molecule has 1 aromatic carbocycles. The molecule has 0 bridgehead atoms. The van der Waals surface area contributed by atoms with E-state index in [1.54, 1.807) is 13.3 Å². The van der Waals surface area contributed by atoms with Crippen LogP contribution in [0.4, 0.5) is 0 Å². The van der Waals surface area contributed by atoms with Crippen molar-refractivity contribution in [1.29, 1.82) is 0 Å². The van der Waals surface area contributed by atoms with Crippen LogP contribution in [0, 0.1) is 5.92 Å². The van der Waals surface area contributed by atoms with Crippen LogP contribution in [-0.4, -0.2) is 35.7 Å². The van der Waals surface area contributed by atoms with Crippen molar-refractivity contribution in [1.82, 2.24) is 20.2 Å². The highest BCUT2D eigenvalue weighted by Gasteiger charge is 2.22. The molecule has 2 heterocycles. The van der Waals surface area contributed by atoms with E-state index in [0.717, 1.165) is 43.1 Å². The van der Waals surface area contributed by atoms with Gasteiger partial charge in [0.1, 0.15) is 17.6 Å². The largest absolute Gasteiger partial charge is 0.497 e. The predicted octanol–water partition coefficient (Wildman–Crippen LogP) is 2.02. The minimum Gasteiger partial charge on any atom is -0.497 e. The first-order valence-corrected chi connectivity index (χ1v) is 8.78. The Morgan fingerprint density at radius 3 is 2.84 bits per heavy atom. The van der Waals surface area contributed by atoms with Crippen molar-refractivity contribution < 1.29 is 9.53 Å². The quantitative estimate of drug-likeness (QED) is 0.808. The first kappa shape index (κ1) is 17.5. The van der Waals surface area contributed by atoms with Gasteiger partial charge in [-0.25, -0.2) is 4.98 Å². The number of carbonyl (C=O) groups excluding carboxylic acids is 1. The van der Waals surface area contributed by atoms with E-state index < -0.39 is 0 Å². The number of hydrogen-bond donors (Lipinski definition) is 2. The smallest absolute Gasteiger partial charge is 0.220 e. The number of ether oxygens (including phenoxy) is 1. The Hall–Kier alpha value is -2.34. The molecule has 2 atom stereocenters. The van der Waals surface area contributed by atoms with Crippen molar-refractivity contribution in [3.05, 3.63) is 48.0 Å². The maximum absolute atomic E-state index is 12.5. The van der Waals surface area contributed by atoms with Crippen LogP contribution < -0.4 is 15.4 Å². The van der Waals surface area contributed by atoms with E-state index in [1.165, 1.54) is 0 Å². The summed E-state index contributed by atoms with van der Waals surface area (Å²) >= 11 is 0. The minimum atomic E-state index is -0.264. The first-order chi connectivity index (χ1) is 12.2. The highest BCUT2D eigenvalue weighted by Crippen LogP contribution is 2.23. The summed E-state index contributed by atoms with van der Waals surface area (Å²) < 4.78 is 7.17. The number of methoxy groups -OCH3 is 1. The van der Waals surface area contributed by atoms with Crippen LogP contribution in [0.3, 0.4) is 0 Å². The number of aryl methyl sites for hydroxylation is 1. The molecule has 0 radical (unpaired) electrons. The molecule has 2 aromatic rings. The Morgan fingerprint density at radius 1 is 1.44 bits per heavy atom. The Morgan fingerprint density at radius 2 is 2.24 bits per heavy atom. The fourth-order valence-corrected chi connectivity index (χ4v) is 3.28. The number of nitrogens with zero attached hydrogens (tertiary/aromatic N) is 2. The van der Waals surface area contributed by atoms with E-state index in [-0.39, 0.29) is 11.9 Å². The summed E-state index contributed by atoms with van der Waals surface area (Å²) in [5.41, 5.74) is 0.992. The van der Waals surface area contributed by atoms with Crippen molar-refractivity contribution in [3.8, 4) is 5.75 Å². The zero-order valence-corrected chi connectivity index (χ0v) is 14.9. The van der Waals surface area contributed by atoms with Crippen molar-refractivity contribution in [3.63, 3.8) is 0 Å². The molecule has 1 fully saturated rings. The lowest BCUT2D eigenvalue weighted by molar-refractivity contribution is -0.121. The maximum atomic E-state index is 12.5. The number of benzene rings is 1. The second-order valence-corrected chi connectivity index (χ2v) is 6.57. The van der Waals surface area contributed by atoms with Gasteiger partial charge in [0.25, 0.3) is 0 Å². The van der Waals surface area contributed by atoms with Gasteiger partial charge < -0.3 is 19.9 Å². The molecule has 25 heavy (non-hydrogen) atoms. The molecule has 2 unspecified atom stereocenters. The Bertz CT molecular complexity index is 690. The molecule has 134 valence electrons. The Balaban J connectivity index is 1.71. The summed E-state index contributed by atoms with van der Waals surface area (Å²) in [6.07, 6.45) is 6.27. The SMILES string of the molecule is COc1ccc(C(NC(=O)CCC2CCNC2)c2nccn2C)cc1. The molecule has 6 nitrogen and oxygen atoms in total. The summed E-state index contributed by atoms with van der Waals surface area (Å²) in [7, 11) is 3.58. The monoisotopic (exact) mass is 342 g/mol. The molecule has 2 N–H and O–H groups in total. The molecular weight excluding hydrogens is 316 g/mol. The third kappa shape index (κ3) is 4.39. The van der Waals surface area contributed by atoms with E-state index in [9.17, 15) is 4.79 Å². The molecule has 1 aliphatic heterocycles. The molecule has 0 spiro atoms. The normalized spacial score (nSPS) is 18.1. The van der Waals surface area contributed by atoms with E-state index in [2.05, 4.69) is 15.6 Å². The minimum absolute atomic E-state index is 0.0655. The molecular formula is C19H26N4O2. The zero-order valence-electron chi connectivity index (χ0n) is 14.9. The Kier molecular flexibility index (Phi) is 5.71. The molecule has 6 heteroatoms. The number of aromatic nitrogens is 2. The van der Waals surface area contributed by atoms with E-state index >= 15 is 0 Å². The fourth-order valence-electron chi connectivity index (χ4n) is 3.28. The average Bonchev–Trinajstić information content (AvgIpc) is 3.30. The highest BCUT2D eigenvalue weighted by molar-refractivity contribution is 5.76. The number of imidazole rings is 1. The van der Waals surface area contributed by atoms with Gasteiger partial charge in [0.2, 0.25) is 5.91 Å². The third-order valence-corrected chi connectivity index (χ3v) is 4.81. The van der Waals surface area contributed by atoms with Crippen LogP contribution in [0.2, 0.25) is 0 Å². The lowest BCUT2D eigenvalue weighted by atomic mass is 10.0. The number of nitrogens with one attached hydrogen (secondary N) is 2. The zero-order chi connectivity index (χ0) is 17.6. The van der Waals surface area contributed by atoms with Crippen LogP contribution in [0.1, 0.15) is 36.7 Å². The van der Waals surface area contributed by atoms with Gasteiger partial charge in [-0.3, -0.25) is 4.79 Å². The second kappa shape index (κ2) is 8.16. The van der Waals surface area contributed by atoms with Crippen molar-refractivity contribution in [2.45, 2.75) is 25.3 Å². The van der Waals surface area contributed by atoms with Gasteiger partial charge in [-0.1, -0.05) is 12.1 Å². The van der Waals surface area contributed by atoms with E-state index in [1.807, 2.05) is 42.1 Å². The highest BCUT2D eigenvalue weighted by atomic mass is 16.5. The summed E-state index contributed by atoms with van der Waals surface area (Å²) in [4.78, 5) is 17.0. The molecule has 1 aromatic heterocycles. The lowest BCUT2D eigenvalue weighted by Gasteiger charge is -2.20. The average molecular weight is 342 g/mol. The number of hydrogen-bond acceptors (Lipinski definition) is 4. The first-order valence-electron chi connectivity index (χ1n) is 8.78. The van der Waals surface area contributed by atoms with Crippen molar-refractivity contribution in [2.75, 3.05) is 20.2 Å². The lowest BCUT2D eigenvalue weighted by Crippen LogP contribution is -2.31. The second-order valence-electron chi connectivity index (χ2n) is 6.57. The van der Waals surface area contributed by atoms with Crippen LogP contribution in [0.5, 0.6) is 5.75 Å². The summed E-state index contributed by atoms with van der Waals surface area (Å²) in [6, 6.07) is 7.49. The van der Waals surface area contributed by atoms with Crippen LogP contribution in [0.25, 0.3) is 0 Å². The molecule has 1 aliphatic rings. The van der Waals surface area contributed by atoms with Gasteiger partial charge in [0.05, 0.1) is 7.11 Å². The van der Waals surface area contributed by atoms with Gasteiger partial charge in [0.15, 0.2) is 0 Å². The van der Waals surface area contributed by atoms with Crippen LogP contribution >= 0.6 is 0 Å². The Labute approximate surface area is 148 Å². The number of rotatable bonds is 7. The van der Waals surface area contributed by atoms with Gasteiger partial charge in [-0.2, -0.15) is 0 Å². The summed E-state index contributed by atoms with van der Waals surface area (Å²) in [5, 5.41) is 6.50. The molecule has 0 saturated carbocycles. The van der Waals surface area contributed by atoms with Gasteiger partial charge in [-0.05, 0) is 49.5 Å². The standard InChI is InChI=1S/C19H26N4O2/c1-23-12-11-21-19(23)18(15-4-6-16(25-2)7-5-15)22-17(24)8-3-14-9-10-20-13-14/h4-7,11-12,14,18,20H,3,8-10,13H2,1-2H3,(H,22,24). The fraction of sp³-hybridized carbons (Fsp3) is 0.474. The van der Waals surface area contributed by atoms with Crippen LogP contribution in [0.15, 0.2) is 36.7 Å².